The summed E-state index contributed by atoms with van der Waals surface area (Å²) in [5.41, 5.74) is 1.22. The molecule has 1 saturated carbocycles. The summed E-state index contributed by atoms with van der Waals surface area (Å²) in [6, 6.07) is 3.82. The lowest BCUT2D eigenvalue weighted by atomic mass is 9.99. The van der Waals surface area contributed by atoms with E-state index in [9.17, 15) is 8.42 Å². The van der Waals surface area contributed by atoms with Gasteiger partial charge in [-0.1, -0.05) is 5.57 Å². The van der Waals surface area contributed by atoms with Gasteiger partial charge in [-0.15, -0.1) is 0 Å². The van der Waals surface area contributed by atoms with E-state index in [1.165, 1.54) is 22.7 Å². The Morgan fingerprint density at radius 1 is 1.42 bits per heavy atom. The molecule has 0 bridgehead atoms. The van der Waals surface area contributed by atoms with Gasteiger partial charge in [-0.2, -0.15) is 17.4 Å². The Morgan fingerprint density at radius 3 is 2.75 bits per heavy atom. The maximum absolute atomic E-state index is 12.2. The molecule has 7 heteroatoms. The van der Waals surface area contributed by atoms with Gasteiger partial charge in [-0.3, -0.25) is 4.90 Å². The van der Waals surface area contributed by atoms with Gasteiger partial charge in [0.15, 0.2) is 0 Å². The molecule has 3 rings (SSSR count). The molecule has 0 aromatic carbocycles. The Balaban J connectivity index is 1.64. The SMILES string of the molecule is C/C(=C\c1ccco1)CN1C[C@H](NS(=O)(=O)N(C)C)[C@@H](C2CC2)C1. The average molecular weight is 353 g/mol. The largest absolute Gasteiger partial charge is 0.465 e. The number of rotatable bonds is 7. The molecule has 6 nitrogen and oxygen atoms in total. The van der Waals surface area contributed by atoms with Gasteiger partial charge >= 0.3 is 0 Å². The average Bonchev–Trinajstić information content (AvgIpc) is 3.08. The van der Waals surface area contributed by atoms with E-state index in [2.05, 4.69) is 16.5 Å². The molecule has 24 heavy (non-hydrogen) atoms. The molecule has 1 aromatic heterocycles. The van der Waals surface area contributed by atoms with Crippen molar-refractivity contribution in [3.05, 3.63) is 29.7 Å². The van der Waals surface area contributed by atoms with E-state index in [1.54, 1.807) is 20.4 Å². The van der Waals surface area contributed by atoms with Gasteiger partial charge in [0.1, 0.15) is 5.76 Å². The smallest absolute Gasteiger partial charge is 0.279 e. The molecule has 1 aliphatic carbocycles. The molecule has 2 aliphatic rings. The van der Waals surface area contributed by atoms with Crippen LogP contribution in [0.3, 0.4) is 0 Å². The molecule has 0 radical (unpaired) electrons. The highest BCUT2D eigenvalue weighted by Gasteiger charge is 2.43. The summed E-state index contributed by atoms with van der Waals surface area (Å²) in [6.45, 7) is 4.64. The number of furan rings is 1. The van der Waals surface area contributed by atoms with E-state index < -0.39 is 10.2 Å². The van der Waals surface area contributed by atoms with E-state index in [4.69, 9.17) is 4.42 Å². The Bertz CT molecular complexity index is 678. The summed E-state index contributed by atoms with van der Waals surface area (Å²) in [7, 11) is -0.252. The van der Waals surface area contributed by atoms with Crippen LogP contribution in [0.1, 0.15) is 25.5 Å². The minimum atomic E-state index is -3.39. The van der Waals surface area contributed by atoms with Crippen molar-refractivity contribution in [2.75, 3.05) is 33.7 Å². The van der Waals surface area contributed by atoms with Crippen molar-refractivity contribution in [2.45, 2.75) is 25.8 Å². The summed E-state index contributed by atoms with van der Waals surface area (Å²) >= 11 is 0. The van der Waals surface area contributed by atoms with Crippen LogP contribution < -0.4 is 4.72 Å². The third kappa shape index (κ3) is 4.27. The zero-order valence-electron chi connectivity index (χ0n) is 14.6. The molecule has 134 valence electrons. The zero-order chi connectivity index (χ0) is 17.3. The molecule has 2 atom stereocenters. The van der Waals surface area contributed by atoms with Crippen molar-refractivity contribution in [2.24, 2.45) is 11.8 Å². The fourth-order valence-corrected chi connectivity index (χ4v) is 4.32. The molecule has 1 aromatic rings. The van der Waals surface area contributed by atoms with Crippen LogP contribution in [-0.4, -0.2) is 57.4 Å². The molecule has 2 heterocycles. The van der Waals surface area contributed by atoms with Gasteiger partial charge in [-0.05, 0) is 49.8 Å². The quantitative estimate of drug-likeness (QED) is 0.812. The lowest BCUT2D eigenvalue weighted by Crippen LogP contribution is -2.46. The lowest BCUT2D eigenvalue weighted by molar-refractivity contribution is 0.342. The van der Waals surface area contributed by atoms with Gasteiger partial charge in [0.2, 0.25) is 0 Å². The third-order valence-corrected chi connectivity index (χ3v) is 6.42. The summed E-state index contributed by atoms with van der Waals surface area (Å²) < 4.78 is 33.9. The molecular weight excluding hydrogens is 326 g/mol. The number of hydrogen-bond acceptors (Lipinski definition) is 4. The van der Waals surface area contributed by atoms with Crippen molar-refractivity contribution < 1.29 is 12.8 Å². The fraction of sp³-hybridized carbons (Fsp3) is 0.647. The molecule has 1 aliphatic heterocycles. The van der Waals surface area contributed by atoms with Gasteiger partial charge in [-0.25, -0.2) is 0 Å². The molecule has 0 unspecified atom stereocenters. The first-order chi connectivity index (χ1) is 11.3. The monoisotopic (exact) mass is 353 g/mol. The number of likely N-dealkylation sites (tertiary alicyclic amines) is 1. The minimum absolute atomic E-state index is 0.00122. The predicted molar refractivity (Wildman–Crippen MR) is 94.5 cm³/mol. The molecular formula is C17H27N3O3S. The second-order valence-electron chi connectivity index (χ2n) is 7.21. The zero-order valence-corrected chi connectivity index (χ0v) is 15.4. The van der Waals surface area contributed by atoms with Crippen LogP contribution >= 0.6 is 0 Å². The first-order valence-electron chi connectivity index (χ1n) is 8.48. The fourth-order valence-electron chi connectivity index (χ4n) is 3.48. The standard InChI is InChI=1S/C17H27N3O3S/c1-13(9-15-5-4-8-23-15)10-20-11-16(14-6-7-14)17(12-20)18-24(21,22)19(2)3/h4-5,8-9,14,16-18H,6-7,10-12H2,1-3H3/b13-9+/t16-,17+/m1/s1. The number of nitrogens with zero attached hydrogens (tertiary/aromatic N) is 2. The highest BCUT2D eigenvalue weighted by molar-refractivity contribution is 7.87. The topological polar surface area (TPSA) is 65.8 Å². The van der Waals surface area contributed by atoms with Crippen molar-refractivity contribution in [1.29, 1.82) is 0 Å². The maximum Gasteiger partial charge on any atom is 0.279 e. The Labute approximate surface area is 144 Å². The van der Waals surface area contributed by atoms with Gasteiger partial charge < -0.3 is 4.42 Å². The summed E-state index contributed by atoms with van der Waals surface area (Å²) in [6.07, 6.45) is 6.16. The molecule has 1 N–H and O–H groups in total. The van der Waals surface area contributed by atoms with Gasteiger partial charge in [0.25, 0.3) is 10.2 Å². The van der Waals surface area contributed by atoms with Crippen LogP contribution in [0.15, 0.2) is 28.4 Å². The van der Waals surface area contributed by atoms with E-state index in [1.807, 2.05) is 18.2 Å². The van der Waals surface area contributed by atoms with E-state index in [0.29, 0.717) is 11.8 Å². The van der Waals surface area contributed by atoms with Crippen molar-refractivity contribution in [3.8, 4) is 0 Å². The van der Waals surface area contributed by atoms with E-state index in [-0.39, 0.29) is 6.04 Å². The first kappa shape index (κ1) is 17.7. The molecule has 0 spiro atoms. The van der Waals surface area contributed by atoms with Crippen molar-refractivity contribution in [1.82, 2.24) is 13.9 Å². The first-order valence-corrected chi connectivity index (χ1v) is 9.92. The minimum Gasteiger partial charge on any atom is -0.465 e. The maximum atomic E-state index is 12.2. The van der Waals surface area contributed by atoms with Crippen LogP contribution in [0, 0.1) is 11.8 Å². The second-order valence-corrected chi connectivity index (χ2v) is 9.13. The summed E-state index contributed by atoms with van der Waals surface area (Å²) in [5, 5.41) is 0. The van der Waals surface area contributed by atoms with Crippen LogP contribution in [-0.2, 0) is 10.2 Å². The van der Waals surface area contributed by atoms with Crippen molar-refractivity contribution >= 4 is 16.3 Å². The molecule has 2 fully saturated rings. The van der Waals surface area contributed by atoms with E-state index in [0.717, 1.165) is 25.4 Å². The number of nitrogens with one attached hydrogen (secondary N) is 1. The third-order valence-electron chi connectivity index (χ3n) is 4.85. The van der Waals surface area contributed by atoms with Gasteiger partial charge in [0, 0.05) is 39.8 Å². The van der Waals surface area contributed by atoms with Crippen molar-refractivity contribution in [3.63, 3.8) is 0 Å². The summed E-state index contributed by atoms with van der Waals surface area (Å²) in [4.78, 5) is 2.35. The lowest BCUT2D eigenvalue weighted by Gasteiger charge is -2.21. The Morgan fingerprint density at radius 2 is 2.17 bits per heavy atom. The van der Waals surface area contributed by atoms with E-state index >= 15 is 0 Å². The Kier molecular flexibility index (Phi) is 5.15. The highest BCUT2D eigenvalue weighted by Crippen LogP contribution is 2.41. The van der Waals surface area contributed by atoms with Crippen LogP contribution in [0.4, 0.5) is 0 Å². The summed E-state index contributed by atoms with van der Waals surface area (Å²) in [5.74, 6) is 1.94. The van der Waals surface area contributed by atoms with Crippen LogP contribution in [0.25, 0.3) is 6.08 Å². The molecule has 0 amide bonds. The Hall–Kier alpha value is -1.15. The van der Waals surface area contributed by atoms with Crippen LogP contribution in [0.2, 0.25) is 0 Å². The predicted octanol–water partition coefficient (Wildman–Crippen LogP) is 1.79. The highest BCUT2D eigenvalue weighted by atomic mass is 32.2. The second kappa shape index (κ2) is 7.00. The molecule has 1 saturated heterocycles. The van der Waals surface area contributed by atoms with Crippen LogP contribution in [0.5, 0.6) is 0 Å². The van der Waals surface area contributed by atoms with Gasteiger partial charge in [0.05, 0.1) is 6.26 Å². The normalized spacial score (nSPS) is 26.4. The number of hydrogen-bond donors (Lipinski definition) is 1.